The summed E-state index contributed by atoms with van der Waals surface area (Å²) in [6.45, 7) is 2.11. The summed E-state index contributed by atoms with van der Waals surface area (Å²) < 4.78 is 12.4. The fraction of sp³-hybridized carbons (Fsp3) is 0.200. The van der Waals surface area contributed by atoms with Crippen molar-refractivity contribution in [1.82, 2.24) is 4.98 Å². The summed E-state index contributed by atoms with van der Waals surface area (Å²) in [5.74, 6) is 0.959. The van der Waals surface area contributed by atoms with Gasteiger partial charge in [-0.1, -0.05) is 24.3 Å². The lowest BCUT2D eigenvalue weighted by Crippen LogP contribution is -2.07. The first kappa shape index (κ1) is 19.4. The van der Waals surface area contributed by atoms with E-state index in [-0.39, 0.29) is 5.91 Å². The van der Waals surface area contributed by atoms with E-state index in [0.717, 1.165) is 26.7 Å². The lowest BCUT2D eigenvalue weighted by Gasteiger charge is -2.10. The minimum Gasteiger partial charge on any atom is -0.493 e. The molecule has 3 aromatic rings. The van der Waals surface area contributed by atoms with Crippen molar-refractivity contribution in [3.63, 3.8) is 0 Å². The van der Waals surface area contributed by atoms with Crippen LogP contribution in [0.4, 0.5) is 5.13 Å². The zero-order valence-corrected chi connectivity index (χ0v) is 17.6. The van der Waals surface area contributed by atoms with Gasteiger partial charge in [0.1, 0.15) is 0 Å². The molecule has 1 amide bonds. The molecule has 5 nitrogen and oxygen atoms in total. The van der Waals surface area contributed by atoms with Crippen LogP contribution in [0.5, 0.6) is 11.5 Å². The molecule has 0 unspecified atom stereocenters. The first-order valence-corrected chi connectivity index (χ1v) is 9.95. The van der Waals surface area contributed by atoms with E-state index >= 15 is 0 Å². The van der Waals surface area contributed by atoms with Crippen LogP contribution < -0.4 is 14.8 Å². The van der Waals surface area contributed by atoms with E-state index in [1.807, 2.05) is 12.1 Å². The summed E-state index contributed by atoms with van der Waals surface area (Å²) in [6, 6.07) is 9.81. The number of amides is 1. The van der Waals surface area contributed by atoms with Gasteiger partial charge in [-0.05, 0) is 63.8 Å². The lowest BCUT2D eigenvalue weighted by molar-refractivity contribution is -0.111. The van der Waals surface area contributed by atoms with Crippen LogP contribution in [0.25, 0.3) is 16.3 Å². The highest BCUT2D eigenvalue weighted by atomic mass is 79.9. The number of carbonyl (C=O) groups is 1. The number of rotatable bonds is 6. The van der Waals surface area contributed by atoms with Gasteiger partial charge in [-0.2, -0.15) is 0 Å². The van der Waals surface area contributed by atoms with Crippen LogP contribution in [0, 0.1) is 0 Å². The maximum absolute atomic E-state index is 12.2. The summed E-state index contributed by atoms with van der Waals surface area (Å²) in [5.41, 5.74) is 2.95. The Hall–Kier alpha value is -2.38. The molecule has 140 valence electrons. The van der Waals surface area contributed by atoms with Crippen LogP contribution in [0.2, 0.25) is 0 Å². The topological polar surface area (TPSA) is 60.5 Å². The number of hydrogen-bond acceptors (Lipinski definition) is 5. The highest BCUT2D eigenvalue weighted by Crippen LogP contribution is 2.36. The Morgan fingerprint density at radius 3 is 2.78 bits per heavy atom. The van der Waals surface area contributed by atoms with Crippen molar-refractivity contribution in [3.8, 4) is 11.5 Å². The molecule has 0 aliphatic heterocycles. The second-order valence-corrected chi connectivity index (χ2v) is 7.62. The lowest BCUT2D eigenvalue weighted by atomic mass is 10.2. The van der Waals surface area contributed by atoms with Crippen LogP contribution in [-0.4, -0.2) is 25.1 Å². The number of thiazole rings is 1. The number of nitrogens with zero attached hydrogens (tertiary/aromatic N) is 1. The van der Waals surface area contributed by atoms with Gasteiger partial charge in [-0.3, -0.25) is 10.1 Å². The van der Waals surface area contributed by atoms with Gasteiger partial charge in [-0.25, -0.2) is 4.98 Å². The molecule has 7 heteroatoms. The van der Waals surface area contributed by atoms with Crippen LogP contribution >= 0.6 is 27.3 Å². The molecule has 0 aliphatic rings. The number of benzene rings is 2. The monoisotopic (exact) mass is 446 g/mol. The van der Waals surface area contributed by atoms with Gasteiger partial charge in [0, 0.05) is 6.08 Å². The van der Waals surface area contributed by atoms with E-state index in [1.165, 1.54) is 23.0 Å². The van der Waals surface area contributed by atoms with Crippen LogP contribution in [0.3, 0.4) is 0 Å². The number of nitrogens with one attached hydrogen (secondary N) is 1. The molecule has 0 fully saturated rings. The molecule has 27 heavy (non-hydrogen) atoms. The summed E-state index contributed by atoms with van der Waals surface area (Å²) in [7, 11) is 3.15. The smallest absolute Gasteiger partial charge is 0.250 e. The Morgan fingerprint density at radius 1 is 1.26 bits per heavy atom. The second-order valence-electron chi connectivity index (χ2n) is 5.74. The zero-order valence-electron chi connectivity index (χ0n) is 15.2. The summed E-state index contributed by atoms with van der Waals surface area (Å²) in [5, 5.41) is 3.40. The molecule has 1 heterocycles. The predicted octanol–water partition coefficient (Wildman–Crippen LogP) is 5.29. The molecular formula is C20H19BrN2O3S. The number of hydrogen-bond donors (Lipinski definition) is 1. The maximum Gasteiger partial charge on any atom is 0.250 e. The Balaban J connectivity index is 1.75. The van der Waals surface area contributed by atoms with Crippen molar-refractivity contribution in [1.29, 1.82) is 0 Å². The second kappa shape index (κ2) is 8.54. The zero-order chi connectivity index (χ0) is 19.4. The Morgan fingerprint density at radius 2 is 2.07 bits per heavy atom. The number of anilines is 1. The Kier molecular flexibility index (Phi) is 6.13. The number of fused-ring (bicyclic) bond motifs is 1. The van der Waals surface area contributed by atoms with E-state index in [4.69, 9.17) is 9.47 Å². The summed E-state index contributed by atoms with van der Waals surface area (Å²) in [4.78, 5) is 16.7. The standard InChI is InChI=1S/C20H19BrN2O3S/c1-4-12-5-7-15-17(11-12)27-20(22-15)23-18(24)8-6-13-9-14(21)19(26-3)16(10-13)25-2/h5-11H,4H2,1-3H3,(H,22,23,24)/b8-6+. The highest BCUT2D eigenvalue weighted by Gasteiger charge is 2.10. The van der Waals surface area contributed by atoms with Gasteiger partial charge < -0.3 is 9.47 Å². The predicted molar refractivity (Wildman–Crippen MR) is 114 cm³/mol. The normalized spacial score (nSPS) is 11.1. The van der Waals surface area contributed by atoms with Gasteiger partial charge >= 0.3 is 0 Å². The fourth-order valence-corrected chi connectivity index (χ4v) is 4.15. The van der Waals surface area contributed by atoms with Crippen molar-refractivity contribution in [2.45, 2.75) is 13.3 Å². The number of methoxy groups -OCH3 is 2. The third-order valence-electron chi connectivity index (χ3n) is 3.97. The van der Waals surface area contributed by atoms with E-state index in [9.17, 15) is 4.79 Å². The molecule has 3 rings (SSSR count). The minimum absolute atomic E-state index is 0.240. The molecular weight excluding hydrogens is 428 g/mol. The Labute approximate surface area is 170 Å². The van der Waals surface area contributed by atoms with Gasteiger partial charge in [0.2, 0.25) is 5.91 Å². The van der Waals surface area contributed by atoms with Gasteiger partial charge in [0.25, 0.3) is 0 Å². The van der Waals surface area contributed by atoms with Gasteiger partial charge in [-0.15, -0.1) is 0 Å². The molecule has 1 N–H and O–H groups in total. The molecule has 1 aromatic heterocycles. The van der Waals surface area contributed by atoms with Crippen molar-refractivity contribution in [2.24, 2.45) is 0 Å². The van der Waals surface area contributed by atoms with Crippen molar-refractivity contribution < 1.29 is 14.3 Å². The minimum atomic E-state index is -0.240. The highest BCUT2D eigenvalue weighted by molar-refractivity contribution is 9.10. The third-order valence-corrected chi connectivity index (χ3v) is 5.50. The van der Waals surface area contributed by atoms with E-state index in [1.54, 1.807) is 26.4 Å². The maximum atomic E-state index is 12.2. The first-order chi connectivity index (χ1) is 13.0. The molecule has 0 saturated heterocycles. The Bertz CT molecular complexity index is 1010. The van der Waals surface area contributed by atoms with Crippen LogP contribution in [0.1, 0.15) is 18.1 Å². The van der Waals surface area contributed by atoms with E-state index in [0.29, 0.717) is 16.6 Å². The van der Waals surface area contributed by atoms with E-state index < -0.39 is 0 Å². The molecule has 0 saturated carbocycles. The third kappa shape index (κ3) is 4.48. The average Bonchev–Trinajstić information content (AvgIpc) is 3.06. The number of ether oxygens (including phenoxy) is 2. The largest absolute Gasteiger partial charge is 0.493 e. The first-order valence-electron chi connectivity index (χ1n) is 8.34. The van der Waals surface area contributed by atoms with Gasteiger partial charge in [0.15, 0.2) is 16.6 Å². The fourth-order valence-electron chi connectivity index (χ4n) is 2.60. The number of aryl methyl sites for hydroxylation is 1. The average molecular weight is 447 g/mol. The summed E-state index contributed by atoms with van der Waals surface area (Å²) in [6.07, 6.45) is 4.15. The molecule has 0 bridgehead atoms. The van der Waals surface area contributed by atoms with Crippen LogP contribution in [0.15, 0.2) is 40.9 Å². The SMILES string of the molecule is CCc1ccc2nc(NC(=O)/C=C/c3cc(Br)c(OC)c(OC)c3)sc2c1. The number of aromatic nitrogens is 1. The molecule has 2 aromatic carbocycles. The van der Waals surface area contributed by atoms with Gasteiger partial charge in [0.05, 0.1) is 28.9 Å². The molecule has 0 atom stereocenters. The van der Waals surface area contributed by atoms with Crippen molar-refractivity contribution >= 4 is 54.6 Å². The van der Waals surface area contributed by atoms with E-state index in [2.05, 4.69) is 45.3 Å². The molecule has 0 aliphatic carbocycles. The molecule has 0 radical (unpaired) electrons. The number of halogens is 1. The van der Waals surface area contributed by atoms with Crippen molar-refractivity contribution in [2.75, 3.05) is 19.5 Å². The number of carbonyl (C=O) groups excluding carboxylic acids is 1. The van der Waals surface area contributed by atoms with Crippen molar-refractivity contribution in [3.05, 3.63) is 52.0 Å². The van der Waals surface area contributed by atoms with Crippen LogP contribution in [-0.2, 0) is 11.2 Å². The molecule has 0 spiro atoms. The summed E-state index contributed by atoms with van der Waals surface area (Å²) >= 11 is 4.91. The quantitative estimate of drug-likeness (QED) is 0.522.